The first kappa shape index (κ1) is 17.9. The second kappa shape index (κ2) is 8.18. The van der Waals surface area contributed by atoms with Crippen molar-refractivity contribution in [3.63, 3.8) is 0 Å². The van der Waals surface area contributed by atoms with Crippen molar-refractivity contribution >= 4 is 18.3 Å². The summed E-state index contributed by atoms with van der Waals surface area (Å²) in [7, 11) is 0. The topological polar surface area (TPSA) is 55.1 Å². The lowest BCUT2D eigenvalue weighted by Gasteiger charge is -2.18. The van der Waals surface area contributed by atoms with Crippen LogP contribution < -0.4 is 11.1 Å². The largest absolute Gasteiger partial charge is 0.354 e. The van der Waals surface area contributed by atoms with E-state index in [0.29, 0.717) is 13.0 Å². The molecular weight excluding hydrogens is 260 g/mol. The normalized spacial score (nSPS) is 12.4. The maximum absolute atomic E-state index is 11.7. The minimum absolute atomic E-state index is 0. The van der Waals surface area contributed by atoms with Crippen LogP contribution in [0.5, 0.6) is 0 Å². The summed E-state index contributed by atoms with van der Waals surface area (Å²) in [5.41, 5.74) is 7.25. The van der Waals surface area contributed by atoms with Gasteiger partial charge in [-0.3, -0.25) is 4.79 Å². The molecule has 0 bridgehead atoms. The molecule has 1 unspecified atom stereocenters. The molecule has 4 heteroatoms. The summed E-state index contributed by atoms with van der Waals surface area (Å²) >= 11 is 0. The fraction of sp³-hybridized carbons (Fsp3) is 0.533. The number of hydrogen-bond donors (Lipinski definition) is 2. The van der Waals surface area contributed by atoms with Gasteiger partial charge in [-0.15, -0.1) is 12.4 Å². The van der Waals surface area contributed by atoms with E-state index < -0.39 is 0 Å². The molecule has 1 aromatic carbocycles. The van der Waals surface area contributed by atoms with E-state index in [1.54, 1.807) is 0 Å². The SMILES string of the molecule is CC(C)(C)CCC(=O)NCC(N)c1ccccc1.Cl. The Morgan fingerprint density at radius 3 is 2.37 bits per heavy atom. The molecule has 1 atom stereocenters. The van der Waals surface area contributed by atoms with Crippen molar-refractivity contribution in [2.45, 2.75) is 39.7 Å². The van der Waals surface area contributed by atoms with Crippen LogP contribution in [-0.2, 0) is 4.79 Å². The fourth-order valence-corrected chi connectivity index (χ4v) is 1.62. The summed E-state index contributed by atoms with van der Waals surface area (Å²) in [6.07, 6.45) is 1.45. The van der Waals surface area contributed by atoms with E-state index in [2.05, 4.69) is 26.1 Å². The smallest absolute Gasteiger partial charge is 0.220 e. The van der Waals surface area contributed by atoms with Gasteiger partial charge in [0.15, 0.2) is 0 Å². The van der Waals surface area contributed by atoms with E-state index in [1.807, 2.05) is 30.3 Å². The van der Waals surface area contributed by atoms with Crippen molar-refractivity contribution in [2.75, 3.05) is 6.54 Å². The van der Waals surface area contributed by atoms with Crippen LogP contribution in [0.2, 0.25) is 0 Å². The van der Waals surface area contributed by atoms with Crippen LogP contribution in [0, 0.1) is 5.41 Å². The molecule has 0 aliphatic carbocycles. The average molecular weight is 285 g/mol. The fourth-order valence-electron chi connectivity index (χ4n) is 1.62. The van der Waals surface area contributed by atoms with Crippen molar-refractivity contribution in [3.8, 4) is 0 Å². The number of carbonyl (C=O) groups excluding carboxylic acids is 1. The predicted molar refractivity (Wildman–Crippen MR) is 82.3 cm³/mol. The van der Waals surface area contributed by atoms with Gasteiger partial charge in [-0.25, -0.2) is 0 Å². The highest BCUT2D eigenvalue weighted by Crippen LogP contribution is 2.20. The molecular formula is C15H25ClN2O. The molecule has 108 valence electrons. The Kier molecular flexibility index (Phi) is 7.72. The predicted octanol–water partition coefficient (Wildman–Crippen LogP) is 3.05. The number of rotatable bonds is 5. The Bertz CT molecular complexity index is 373. The van der Waals surface area contributed by atoms with Crippen LogP contribution in [0.25, 0.3) is 0 Å². The monoisotopic (exact) mass is 284 g/mol. The van der Waals surface area contributed by atoms with Crippen LogP contribution in [0.1, 0.15) is 45.2 Å². The van der Waals surface area contributed by atoms with Crippen molar-refractivity contribution < 1.29 is 4.79 Å². The van der Waals surface area contributed by atoms with Crippen molar-refractivity contribution in [2.24, 2.45) is 11.1 Å². The van der Waals surface area contributed by atoms with E-state index >= 15 is 0 Å². The highest BCUT2D eigenvalue weighted by atomic mass is 35.5. The Hall–Kier alpha value is -1.06. The Labute approximate surface area is 122 Å². The Morgan fingerprint density at radius 1 is 1.26 bits per heavy atom. The summed E-state index contributed by atoms with van der Waals surface area (Å²) in [6.45, 7) is 6.90. The summed E-state index contributed by atoms with van der Waals surface area (Å²) in [5.74, 6) is 0.0799. The second-order valence-corrected chi connectivity index (χ2v) is 5.88. The molecule has 3 N–H and O–H groups in total. The maximum atomic E-state index is 11.7. The van der Waals surface area contributed by atoms with Crippen LogP contribution in [0.15, 0.2) is 30.3 Å². The lowest BCUT2D eigenvalue weighted by atomic mass is 9.90. The molecule has 19 heavy (non-hydrogen) atoms. The third-order valence-electron chi connectivity index (χ3n) is 2.85. The van der Waals surface area contributed by atoms with Crippen LogP contribution >= 0.6 is 12.4 Å². The summed E-state index contributed by atoms with van der Waals surface area (Å²) in [5, 5.41) is 2.89. The van der Waals surface area contributed by atoms with E-state index in [-0.39, 0.29) is 29.8 Å². The molecule has 0 aliphatic rings. The van der Waals surface area contributed by atoms with E-state index in [4.69, 9.17) is 5.73 Å². The first-order chi connectivity index (χ1) is 8.38. The third kappa shape index (κ3) is 7.85. The molecule has 0 radical (unpaired) electrons. The molecule has 0 saturated heterocycles. The highest BCUT2D eigenvalue weighted by molar-refractivity contribution is 5.85. The van der Waals surface area contributed by atoms with Crippen LogP contribution in [0.3, 0.4) is 0 Å². The molecule has 0 aromatic heterocycles. The quantitative estimate of drug-likeness (QED) is 0.873. The number of nitrogens with two attached hydrogens (primary N) is 1. The van der Waals surface area contributed by atoms with Gasteiger partial charge in [-0.05, 0) is 17.4 Å². The average Bonchev–Trinajstić information content (AvgIpc) is 2.33. The number of nitrogens with one attached hydrogen (secondary N) is 1. The van der Waals surface area contributed by atoms with Gasteiger partial charge in [-0.1, -0.05) is 51.1 Å². The molecule has 3 nitrogen and oxygen atoms in total. The van der Waals surface area contributed by atoms with Gasteiger partial charge in [0.1, 0.15) is 0 Å². The first-order valence-corrected chi connectivity index (χ1v) is 6.46. The zero-order chi connectivity index (χ0) is 13.6. The van der Waals surface area contributed by atoms with Gasteiger partial charge in [-0.2, -0.15) is 0 Å². The maximum Gasteiger partial charge on any atom is 0.220 e. The summed E-state index contributed by atoms with van der Waals surface area (Å²) < 4.78 is 0. The summed E-state index contributed by atoms with van der Waals surface area (Å²) in [4.78, 5) is 11.7. The number of amides is 1. The molecule has 0 fully saturated rings. The third-order valence-corrected chi connectivity index (χ3v) is 2.85. The zero-order valence-electron chi connectivity index (χ0n) is 12.0. The van der Waals surface area contributed by atoms with Gasteiger partial charge in [0.2, 0.25) is 5.91 Å². The standard InChI is InChI=1S/C15H24N2O.ClH/c1-15(2,3)10-9-14(18)17-11-13(16)12-7-5-4-6-8-12;/h4-8,13H,9-11,16H2,1-3H3,(H,17,18);1H. The van der Waals surface area contributed by atoms with E-state index in [0.717, 1.165) is 12.0 Å². The molecule has 1 amide bonds. The molecule has 0 saturated carbocycles. The molecule has 1 aromatic rings. The minimum atomic E-state index is -0.134. The van der Waals surface area contributed by atoms with Crippen molar-refractivity contribution in [3.05, 3.63) is 35.9 Å². The molecule has 0 spiro atoms. The van der Waals surface area contributed by atoms with E-state index in [9.17, 15) is 4.79 Å². The highest BCUT2D eigenvalue weighted by Gasteiger charge is 2.13. The molecule has 0 aliphatic heterocycles. The van der Waals surface area contributed by atoms with E-state index in [1.165, 1.54) is 0 Å². The lowest BCUT2D eigenvalue weighted by Crippen LogP contribution is -2.32. The minimum Gasteiger partial charge on any atom is -0.354 e. The summed E-state index contributed by atoms with van der Waals surface area (Å²) in [6, 6.07) is 9.69. The number of carbonyl (C=O) groups is 1. The number of halogens is 1. The Balaban J connectivity index is 0.00000324. The zero-order valence-corrected chi connectivity index (χ0v) is 12.8. The number of hydrogen-bond acceptors (Lipinski definition) is 2. The first-order valence-electron chi connectivity index (χ1n) is 6.46. The van der Waals surface area contributed by atoms with Crippen molar-refractivity contribution in [1.29, 1.82) is 0 Å². The molecule has 0 heterocycles. The van der Waals surface area contributed by atoms with Gasteiger partial charge in [0.25, 0.3) is 0 Å². The van der Waals surface area contributed by atoms with Crippen molar-refractivity contribution in [1.82, 2.24) is 5.32 Å². The van der Waals surface area contributed by atoms with Gasteiger partial charge < -0.3 is 11.1 Å². The van der Waals surface area contributed by atoms with Crippen LogP contribution in [-0.4, -0.2) is 12.5 Å². The van der Waals surface area contributed by atoms with Gasteiger partial charge >= 0.3 is 0 Å². The van der Waals surface area contributed by atoms with Gasteiger partial charge in [0, 0.05) is 19.0 Å². The lowest BCUT2D eigenvalue weighted by molar-refractivity contribution is -0.121. The van der Waals surface area contributed by atoms with Gasteiger partial charge in [0.05, 0.1) is 0 Å². The Morgan fingerprint density at radius 2 is 1.84 bits per heavy atom. The van der Waals surface area contributed by atoms with Crippen LogP contribution in [0.4, 0.5) is 0 Å². The second-order valence-electron chi connectivity index (χ2n) is 5.88. The molecule has 1 rings (SSSR count). The number of benzene rings is 1.